The van der Waals surface area contributed by atoms with E-state index >= 15 is 0 Å². The van der Waals surface area contributed by atoms with E-state index < -0.39 is 0 Å². The van der Waals surface area contributed by atoms with Gasteiger partial charge in [0.25, 0.3) is 0 Å². The van der Waals surface area contributed by atoms with Crippen LogP contribution in [0.1, 0.15) is 21.4 Å². The average Bonchev–Trinajstić information content (AvgIpc) is 3.04. The normalized spacial score (nSPS) is 14.9. The van der Waals surface area contributed by atoms with Gasteiger partial charge in [0, 0.05) is 26.7 Å². The first-order valence-electron chi connectivity index (χ1n) is 5.90. The van der Waals surface area contributed by atoms with Crippen molar-refractivity contribution >= 4 is 38.9 Å². The molecule has 1 unspecified atom stereocenters. The summed E-state index contributed by atoms with van der Waals surface area (Å²) in [7, 11) is 1.66. The Hall–Kier alpha value is -0.710. The van der Waals surface area contributed by atoms with Gasteiger partial charge in [-0.1, -0.05) is 15.9 Å². The second-order valence-corrected chi connectivity index (χ2v) is 6.63. The van der Waals surface area contributed by atoms with Gasteiger partial charge in [-0.3, -0.25) is 0 Å². The van der Waals surface area contributed by atoms with Gasteiger partial charge in [-0.05, 0) is 23.8 Å². The Morgan fingerprint density at radius 1 is 1.42 bits per heavy atom. The van der Waals surface area contributed by atoms with Gasteiger partial charge in [0.15, 0.2) is 0 Å². The highest BCUT2D eigenvalue weighted by atomic mass is 79.9. The number of halogens is 2. The van der Waals surface area contributed by atoms with E-state index in [0.29, 0.717) is 0 Å². The van der Waals surface area contributed by atoms with Gasteiger partial charge in [0.2, 0.25) is 0 Å². The van der Waals surface area contributed by atoms with Crippen LogP contribution in [0, 0.1) is 0 Å². The van der Waals surface area contributed by atoms with Crippen LogP contribution in [0.15, 0.2) is 28.1 Å². The van der Waals surface area contributed by atoms with Gasteiger partial charge in [0.1, 0.15) is 11.5 Å². The molecule has 0 saturated heterocycles. The molecule has 1 aromatic heterocycles. The zero-order chi connectivity index (χ0) is 13.4. The molecule has 2 nitrogen and oxygen atoms in total. The van der Waals surface area contributed by atoms with Crippen LogP contribution in [0.25, 0.3) is 0 Å². The van der Waals surface area contributed by atoms with E-state index in [1.165, 1.54) is 5.56 Å². The van der Waals surface area contributed by atoms with Crippen molar-refractivity contribution in [3.05, 3.63) is 44.1 Å². The van der Waals surface area contributed by atoms with Crippen molar-refractivity contribution < 1.29 is 9.47 Å². The largest absolute Gasteiger partial charge is 0.496 e. The first-order chi connectivity index (χ1) is 9.19. The zero-order valence-corrected chi connectivity index (χ0v) is 13.4. The summed E-state index contributed by atoms with van der Waals surface area (Å²) in [5, 5.41) is 1.75. The standard InChI is InChI=1S/C14H12BrClO2S/c1-17-10-6-12(19-7-10)13(16)11-5-9(15)4-8-2-3-18-14(8)11/h4-7,13H,2-3H2,1H3. The molecular formula is C14H12BrClO2S. The third kappa shape index (κ3) is 2.49. The first kappa shape index (κ1) is 13.3. The van der Waals surface area contributed by atoms with E-state index in [1.807, 2.05) is 17.5 Å². The smallest absolute Gasteiger partial charge is 0.129 e. The van der Waals surface area contributed by atoms with E-state index in [-0.39, 0.29) is 5.38 Å². The molecule has 0 bridgehead atoms. The predicted octanol–water partition coefficient (Wildman–Crippen LogP) is 4.78. The van der Waals surface area contributed by atoms with Crippen molar-refractivity contribution in [3.63, 3.8) is 0 Å². The Morgan fingerprint density at radius 2 is 2.26 bits per heavy atom. The summed E-state index contributed by atoms with van der Waals surface area (Å²) >= 11 is 11.8. The highest BCUT2D eigenvalue weighted by Gasteiger charge is 2.24. The summed E-state index contributed by atoms with van der Waals surface area (Å²) in [6.45, 7) is 0.732. The lowest BCUT2D eigenvalue weighted by Gasteiger charge is -2.13. The van der Waals surface area contributed by atoms with E-state index in [9.17, 15) is 0 Å². The lowest BCUT2D eigenvalue weighted by Crippen LogP contribution is -1.96. The maximum absolute atomic E-state index is 6.61. The maximum Gasteiger partial charge on any atom is 0.129 e. The molecule has 0 fully saturated rings. The van der Waals surface area contributed by atoms with Crippen LogP contribution >= 0.6 is 38.9 Å². The molecule has 100 valence electrons. The lowest BCUT2D eigenvalue weighted by atomic mass is 10.0. The Bertz CT molecular complexity index is 611. The van der Waals surface area contributed by atoms with Gasteiger partial charge in [-0.15, -0.1) is 22.9 Å². The fourth-order valence-corrected chi connectivity index (χ4v) is 3.96. The Kier molecular flexibility index (Phi) is 3.74. The molecule has 0 spiro atoms. The molecule has 0 amide bonds. The van der Waals surface area contributed by atoms with Gasteiger partial charge in [-0.25, -0.2) is 0 Å². The van der Waals surface area contributed by atoms with Crippen molar-refractivity contribution in [2.24, 2.45) is 0 Å². The molecule has 1 aromatic carbocycles. The third-order valence-electron chi connectivity index (χ3n) is 3.13. The quantitative estimate of drug-likeness (QED) is 0.734. The molecule has 0 saturated carbocycles. The summed E-state index contributed by atoms with van der Waals surface area (Å²) < 4.78 is 12.0. The summed E-state index contributed by atoms with van der Waals surface area (Å²) in [6.07, 6.45) is 0.944. The number of thiophene rings is 1. The molecule has 0 radical (unpaired) electrons. The topological polar surface area (TPSA) is 18.5 Å². The number of ether oxygens (including phenoxy) is 2. The fourth-order valence-electron chi connectivity index (χ4n) is 2.21. The minimum atomic E-state index is -0.210. The maximum atomic E-state index is 6.61. The number of hydrogen-bond acceptors (Lipinski definition) is 3. The van der Waals surface area contributed by atoms with E-state index in [2.05, 4.69) is 22.0 Å². The summed E-state index contributed by atoms with van der Waals surface area (Å²) in [5.74, 6) is 1.79. The van der Waals surface area contributed by atoms with Gasteiger partial charge >= 0.3 is 0 Å². The summed E-state index contributed by atoms with van der Waals surface area (Å²) in [4.78, 5) is 1.06. The minimum absolute atomic E-state index is 0.210. The Balaban J connectivity index is 2.02. The number of methoxy groups -OCH3 is 1. The molecule has 0 N–H and O–H groups in total. The Morgan fingerprint density at radius 3 is 3.00 bits per heavy atom. The molecule has 1 aliphatic rings. The Labute approximate surface area is 129 Å². The molecule has 19 heavy (non-hydrogen) atoms. The molecule has 5 heteroatoms. The lowest BCUT2D eigenvalue weighted by molar-refractivity contribution is 0.353. The number of benzene rings is 1. The number of fused-ring (bicyclic) bond motifs is 1. The third-order valence-corrected chi connectivity index (χ3v) is 5.16. The molecule has 0 aliphatic carbocycles. The SMILES string of the molecule is COc1csc(C(Cl)c2cc(Br)cc3c2OCC3)c1. The van der Waals surface area contributed by atoms with Gasteiger partial charge in [-0.2, -0.15) is 0 Å². The molecule has 1 aliphatic heterocycles. The van der Waals surface area contributed by atoms with E-state index in [4.69, 9.17) is 21.1 Å². The van der Waals surface area contributed by atoms with Crippen LogP contribution in [-0.4, -0.2) is 13.7 Å². The van der Waals surface area contributed by atoms with Crippen LogP contribution in [-0.2, 0) is 6.42 Å². The summed E-state index contributed by atoms with van der Waals surface area (Å²) in [6, 6.07) is 6.11. The van der Waals surface area contributed by atoms with Gasteiger partial charge in [0.05, 0.1) is 19.1 Å². The minimum Gasteiger partial charge on any atom is -0.496 e. The predicted molar refractivity (Wildman–Crippen MR) is 81.9 cm³/mol. The van der Waals surface area contributed by atoms with E-state index in [1.54, 1.807) is 18.4 Å². The highest BCUT2D eigenvalue weighted by Crippen LogP contribution is 2.43. The summed E-state index contributed by atoms with van der Waals surface area (Å²) in [5.41, 5.74) is 2.24. The molecular weight excluding hydrogens is 348 g/mol. The monoisotopic (exact) mass is 358 g/mol. The van der Waals surface area contributed by atoms with Crippen LogP contribution in [0.4, 0.5) is 0 Å². The van der Waals surface area contributed by atoms with E-state index in [0.717, 1.165) is 39.4 Å². The second-order valence-electron chi connectivity index (χ2n) is 4.33. The van der Waals surface area contributed by atoms with Crippen molar-refractivity contribution in [1.82, 2.24) is 0 Å². The number of alkyl halides is 1. The molecule has 3 rings (SSSR count). The second kappa shape index (κ2) is 5.35. The fraction of sp³-hybridized carbons (Fsp3) is 0.286. The van der Waals surface area contributed by atoms with Crippen LogP contribution in [0.5, 0.6) is 11.5 Å². The first-order valence-corrected chi connectivity index (χ1v) is 8.01. The van der Waals surface area contributed by atoms with Crippen LogP contribution in [0.2, 0.25) is 0 Å². The molecule has 1 atom stereocenters. The van der Waals surface area contributed by atoms with Crippen molar-refractivity contribution in [2.75, 3.05) is 13.7 Å². The molecule has 2 heterocycles. The van der Waals surface area contributed by atoms with Crippen LogP contribution in [0.3, 0.4) is 0 Å². The van der Waals surface area contributed by atoms with Crippen molar-refractivity contribution in [3.8, 4) is 11.5 Å². The van der Waals surface area contributed by atoms with Gasteiger partial charge < -0.3 is 9.47 Å². The molecule has 2 aromatic rings. The van der Waals surface area contributed by atoms with Crippen molar-refractivity contribution in [1.29, 1.82) is 0 Å². The average molecular weight is 360 g/mol. The highest BCUT2D eigenvalue weighted by molar-refractivity contribution is 9.10. The number of hydrogen-bond donors (Lipinski definition) is 0. The van der Waals surface area contributed by atoms with Crippen LogP contribution < -0.4 is 9.47 Å². The zero-order valence-electron chi connectivity index (χ0n) is 10.3. The van der Waals surface area contributed by atoms with Crippen molar-refractivity contribution in [2.45, 2.75) is 11.8 Å². The number of rotatable bonds is 3.